The summed E-state index contributed by atoms with van der Waals surface area (Å²) in [7, 11) is -1.24. The number of benzene rings is 3. The van der Waals surface area contributed by atoms with Gasteiger partial charge in [0.25, 0.3) is 11.8 Å². The topological polar surface area (TPSA) is 101 Å². The molecule has 3 aromatic rings. The van der Waals surface area contributed by atoms with Gasteiger partial charge in [0.05, 0.1) is 10.5 Å². The number of amides is 2. The second-order valence-corrected chi connectivity index (χ2v) is 12.3. The first-order valence-electron chi connectivity index (χ1n) is 13.9. The van der Waals surface area contributed by atoms with Gasteiger partial charge in [-0.25, -0.2) is 8.51 Å². The van der Waals surface area contributed by atoms with Crippen LogP contribution in [0.4, 0.5) is 0 Å². The predicted molar refractivity (Wildman–Crippen MR) is 151 cm³/mol. The molecule has 1 atom stereocenters. The number of phenols is 2. The van der Waals surface area contributed by atoms with Crippen molar-refractivity contribution >= 4 is 22.8 Å². The average Bonchev–Trinajstić information content (AvgIpc) is 3.00. The number of carbonyl (C=O) groups is 2. The van der Waals surface area contributed by atoms with Crippen LogP contribution in [0.5, 0.6) is 11.5 Å². The summed E-state index contributed by atoms with van der Waals surface area (Å²) < 4.78 is 15.2. The Morgan fingerprint density at radius 2 is 1.35 bits per heavy atom. The molecule has 2 amide bonds. The highest BCUT2D eigenvalue weighted by molar-refractivity contribution is 7.82. The highest BCUT2D eigenvalue weighted by Crippen LogP contribution is 2.34. The fourth-order valence-electron chi connectivity index (χ4n) is 5.92. The molecule has 3 heterocycles. The van der Waals surface area contributed by atoms with E-state index in [1.807, 2.05) is 40.7 Å². The van der Waals surface area contributed by atoms with Crippen LogP contribution in [0.1, 0.15) is 62.2 Å². The molecule has 9 heteroatoms. The van der Waals surface area contributed by atoms with E-state index >= 15 is 0 Å². The van der Waals surface area contributed by atoms with Crippen molar-refractivity contribution in [1.82, 2.24) is 14.1 Å². The van der Waals surface area contributed by atoms with Crippen molar-refractivity contribution < 1.29 is 24.0 Å². The van der Waals surface area contributed by atoms with E-state index in [1.165, 1.54) is 17.7 Å². The first kappa shape index (κ1) is 26.5. The molecule has 1 fully saturated rings. The summed E-state index contributed by atoms with van der Waals surface area (Å²) in [5, 5.41) is 21.1. The van der Waals surface area contributed by atoms with E-state index in [9.17, 15) is 24.0 Å². The normalized spacial score (nSPS) is 18.1. The second kappa shape index (κ2) is 11.1. The third kappa shape index (κ3) is 5.11. The minimum Gasteiger partial charge on any atom is -0.504 e. The Kier molecular flexibility index (Phi) is 7.33. The zero-order chi connectivity index (χ0) is 27.8. The molecule has 2 N–H and O–H groups in total. The molecular weight excluding hydrogens is 526 g/mol. The van der Waals surface area contributed by atoms with Gasteiger partial charge in [-0.2, -0.15) is 0 Å². The lowest BCUT2D eigenvalue weighted by atomic mass is 9.97. The Labute approximate surface area is 236 Å². The van der Waals surface area contributed by atoms with Crippen molar-refractivity contribution in [1.29, 1.82) is 0 Å². The maximum absolute atomic E-state index is 13.6. The van der Waals surface area contributed by atoms with Gasteiger partial charge in [-0.3, -0.25) is 9.59 Å². The Balaban J connectivity index is 1.22. The van der Waals surface area contributed by atoms with E-state index in [4.69, 9.17) is 0 Å². The van der Waals surface area contributed by atoms with Crippen molar-refractivity contribution in [2.75, 3.05) is 26.2 Å². The molecule has 0 aromatic heterocycles. The monoisotopic (exact) mass is 559 g/mol. The second-order valence-electron chi connectivity index (χ2n) is 10.8. The maximum atomic E-state index is 13.6. The third-order valence-electron chi connectivity index (χ3n) is 8.21. The van der Waals surface area contributed by atoms with Crippen LogP contribution in [-0.2, 0) is 36.9 Å². The molecular formula is C31H33N3O5S. The van der Waals surface area contributed by atoms with E-state index in [2.05, 4.69) is 6.07 Å². The van der Waals surface area contributed by atoms with Gasteiger partial charge in [0.1, 0.15) is 11.0 Å². The van der Waals surface area contributed by atoms with Gasteiger partial charge in [0.2, 0.25) is 0 Å². The highest BCUT2D eigenvalue weighted by atomic mass is 32.2. The minimum absolute atomic E-state index is 0.0998. The smallest absolute Gasteiger partial charge is 0.258 e. The lowest BCUT2D eigenvalue weighted by Crippen LogP contribution is -2.37. The lowest BCUT2D eigenvalue weighted by Gasteiger charge is -2.31. The molecule has 0 saturated carbocycles. The van der Waals surface area contributed by atoms with E-state index in [0.717, 1.165) is 60.4 Å². The van der Waals surface area contributed by atoms with Crippen LogP contribution in [0.15, 0.2) is 59.5 Å². The summed E-state index contributed by atoms with van der Waals surface area (Å²) in [4.78, 5) is 31.1. The van der Waals surface area contributed by atoms with Gasteiger partial charge in [-0.05, 0) is 72.2 Å². The van der Waals surface area contributed by atoms with Gasteiger partial charge in [-0.15, -0.1) is 0 Å². The number of carbonyl (C=O) groups excluding carboxylic acids is 2. The Morgan fingerprint density at radius 3 is 2.10 bits per heavy atom. The van der Waals surface area contributed by atoms with Crippen molar-refractivity contribution in [3.05, 3.63) is 88.0 Å². The Morgan fingerprint density at radius 1 is 0.700 bits per heavy atom. The summed E-state index contributed by atoms with van der Waals surface area (Å²) in [5.41, 5.74) is 4.38. The van der Waals surface area contributed by atoms with E-state index in [1.54, 1.807) is 9.80 Å². The van der Waals surface area contributed by atoms with Gasteiger partial charge >= 0.3 is 0 Å². The van der Waals surface area contributed by atoms with Gasteiger partial charge in [0.15, 0.2) is 11.5 Å². The van der Waals surface area contributed by atoms with Gasteiger partial charge in [0, 0.05) is 44.8 Å². The number of hydrogen-bond donors (Lipinski definition) is 2. The first-order valence-corrected chi connectivity index (χ1v) is 15.0. The zero-order valence-electron chi connectivity index (χ0n) is 22.3. The fraction of sp³-hybridized carbons (Fsp3) is 0.355. The number of phenolic OH excluding ortho intramolecular Hbond substituents is 2. The van der Waals surface area contributed by atoms with E-state index in [0.29, 0.717) is 32.6 Å². The van der Waals surface area contributed by atoms with Crippen molar-refractivity contribution in [3.63, 3.8) is 0 Å². The molecule has 1 saturated heterocycles. The summed E-state index contributed by atoms with van der Waals surface area (Å²) in [5.74, 6) is -1.79. The van der Waals surface area contributed by atoms with Gasteiger partial charge in [-0.1, -0.05) is 36.8 Å². The summed E-state index contributed by atoms with van der Waals surface area (Å²) in [6, 6.07) is 16.4. The van der Waals surface area contributed by atoms with E-state index in [-0.39, 0.29) is 17.0 Å². The van der Waals surface area contributed by atoms with E-state index < -0.39 is 28.4 Å². The van der Waals surface area contributed by atoms with Crippen LogP contribution in [0.2, 0.25) is 0 Å². The Bertz CT molecular complexity index is 1500. The molecule has 3 aromatic carbocycles. The molecule has 3 aliphatic rings. The fourth-order valence-corrected chi connectivity index (χ4v) is 7.24. The Hall–Kier alpha value is -3.69. The van der Waals surface area contributed by atoms with Crippen LogP contribution in [0, 0.1) is 0 Å². The SMILES string of the molecule is O=C(c1cc(O)c(O)c(C(=O)N2CCc3ccc(S(=O)N4CCCCC4)cc3C2)c1)N1CCc2ccccc2C1. The first-order chi connectivity index (χ1) is 19.4. The number of piperidine rings is 1. The number of rotatable bonds is 4. The number of nitrogens with zero attached hydrogens (tertiary/aromatic N) is 3. The summed E-state index contributed by atoms with van der Waals surface area (Å²) >= 11 is 0. The number of aromatic hydroxyl groups is 2. The number of fused-ring (bicyclic) bond motifs is 2. The highest BCUT2D eigenvalue weighted by Gasteiger charge is 2.29. The largest absolute Gasteiger partial charge is 0.504 e. The summed E-state index contributed by atoms with van der Waals surface area (Å²) in [6.45, 7) is 3.34. The predicted octanol–water partition coefficient (Wildman–Crippen LogP) is 4.00. The molecule has 208 valence electrons. The molecule has 3 aliphatic heterocycles. The molecule has 1 unspecified atom stereocenters. The van der Waals surface area contributed by atoms with Crippen LogP contribution < -0.4 is 0 Å². The van der Waals surface area contributed by atoms with Crippen molar-refractivity contribution in [2.45, 2.75) is 50.1 Å². The van der Waals surface area contributed by atoms with Crippen LogP contribution in [-0.4, -0.2) is 66.5 Å². The minimum atomic E-state index is -1.24. The lowest BCUT2D eigenvalue weighted by molar-refractivity contribution is 0.0729. The molecule has 0 spiro atoms. The maximum Gasteiger partial charge on any atom is 0.258 e. The third-order valence-corrected chi connectivity index (χ3v) is 9.70. The molecule has 8 nitrogen and oxygen atoms in total. The average molecular weight is 560 g/mol. The molecule has 6 rings (SSSR count). The molecule has 0 radical (unpaired) electrons. The van der Waals surface area contributed by atoms with Crippen molar-refractivity contribution in [3.8, 4) is 11.5 Å². The number of hydrogen-bond acceptors (Lipinski definition) is 5. The zero-order valence-corrected chi connectivity index (χ0v) is 23.2. The summed E-state index contributed by atoms with van der Waals surface area (Å²) in [6.07, 6.45) is 4.60. The van der Waals surface area contributed by atoms with Crippen LogP contribution in [0.3, 0.4) is 0 Å². The molecule has 0 aliphatic carbocycles. The van der Waals surface area contributed by atoms with Crippen LogP contribution in [0.25, 0.3) is 0 Å². The van der Waals surface area contributed by atoms with Gasteiger partial charge < -0.3 is 20.0 Å². The van der Waals surface area contributed by atoms with Crippen LogP contribution >= 0.6 is 0 Å². The standard InChI is InChI=1S/C31H33N3O5S/c35-28-18-24(30(37)32-14-10-21-6-2-3-7-23(21)19-32)17-27(29(28)36)31(38)33-15-11-22-8-9-26(16-25(22)20-33)40(39)34-12-4-1-5-13-34/h2-3,6-9,16-18,35-36H,1,4-5,10-15,19-20H2. The van der Waals surface area contributed by atoms with Crippen molar-refractivity contribution in [2.24, 2.45) is 0 Å². The quantitative estimate of drug-likeness (QED) is 0.471. The molecule has 40 heavy (non-hydrogen) atoms. The molecule has 0 bridgehead atoms.